The summed E-state index contributed by atoms with van der Waals surface area (Å²) in [7, 11) is 3.00. The number of benzene rings is 2. The van der Waals surface area contributed by atoms with Crippen LogP contribution < -0.4 is 14.2 Å². The summed E-state index contributed by atoms with van der Waals surface area (Å²) in [5.74, 6) is 0.949. The molecule has 130 valence electrons. The fourth-order valence-electron chi connectivity index (χ4n) is 2.47. The molecule has 0 N–H and O–H groups in total. The van der Waals surface area contributed by atoms with E-state index >= 15 is 0 Å². The van der Waals surface area contributed by atoms with Crippen LogP contribution in [0.5, 0.6) is 17.2 Å². The lowest BCUT2D eigenvalue weighted by molar-refractivity contribution is -0.0512. The van der Waals surface area contributed by atoms with E-state index in [0.29, 0.717) is 0 Å². The molecule has 2 aromatic carbocycles. The summed E-state index contributed by atoms with van der Waals surface area (Å²) in [5.41, 5.74) is 2.38. The van der Waals surface area contributed by atoms with Gasteiger partial charge in [-0.1, -0.05) is 0 Å². The number of rotatable bonds is 6. The minimum atomic E-state index is -2.91. The van der Waals surface area contributed by atoms with E-state index in [0.717, 1.165) is 22.7 Å². The average Bonchev–Trinajstić information content (AvgIpc) is 3.11. The molecule has 0 spiro atoms. The average molecular weight is 346 g/mol. The zero-order valence-electron chi connectivity index (χ0n) is 13.6. The lowest BCUT2D eigenvalue weighted by Crippen LogP contribution is -2.04. The van der Waals surface area contributed by atoms with E-state index in [1.54, 1.807) is 30.1 Å². The van der Waals surface area contributed by atoms with Gasteiger partial charge in [-0.15, -0.1) is 0 Å². The SMILES string of the molecule is COc1ccc(-n2nccc2-c2ccc(OC(F)F)c(OC)c2)cc1. The molecule has 0 unspecified atom stereocenters. The maximum absolute atomic E-state index is 12.5. The van der Waals surface area contributed by atoms with E-state index in [1.807, 2.05) is 30.3 Å². The van der Waals surface area contributed by atoms with Crippen molar-refractivity contribution < 1.29 is 23.0 Å². The summed E-state index contributed by atoms with van der Waals surface area (Å²) in [4.78, 5) is 0. The molecule has 0 aliphatic carbocycles. The summed E-state index contributed by atoms with van der Waals surface area (Å²) in [6.07, 6.45) is 1.66. The minimum absolute atomic E-state index is 0.0169. The van der Waals surface area contributed by atoms with Crippen molar-refractivity contribution in [2.24, 2.45) is 0 Å². The van der Waals surface area contributed by atoms with Crippen molar-refractivity contribution in [3.63, 3.8) is 0 Å². The van der Waals surface area contributed by atoms with Gasteiger partial charge in [-0.3, -0.25) is 0 Å². The number of aromatic nitrogens is 2. The summed E-state index contributed by atoms with van der Waals surface area (Å²) in [6.45, 7) is -2.91. The van der Waals surface area contributed by atoms with E-state index < -0.39 is 6.61 Å². The van der Waals surface area contributed by atoms with Gasteiger partial charge in [0.2, 0.25) is 0 Å². The van der Waals surface area contributed by atoms with Crippen LogP contribution in [-0.2, 0) is 0 Å². The molecule has 7 heteroatoms. The van der Waals surface area contributed by atoms with Crippen LogP contribution in [0.25, 0.3) is 16.9 Å². The molecule has 5 nitrogen and oxygen atoms in total. The van der Waals surface area contributed by atoms with Crippen molar-refractivity contribution in [1.29, 1.82) is 0 Å². The normalized spacial score (nSPS) is 10.8. The van der Waals surface area contributed by atoms with Gasteiger partial charge in [0, 0.05) is 5.56 Å². The first kappa shape index (κ1) is 16.8. The van der Waals surface area contributed by atoms with Crippen LogP contribution in [0.2, 0.25) is 0 Å². The van der Waals surface area contributed by atoms with Gasteiger partial charge >= 0.3 is 6.61 Å². The number of methoxy groups -OCH3 is 2. The second-order valence-corrected chi connectivity index (χ2v) is 5.07. The summed E-state index contributed by atoms with van der Waals surface area (Å²) < 4.78 is 41.4. The van der Waals surface area contributed by atoms with Gasteiger partial charge in [-0.05, 0) is 48.5 Å². The molecule has 0 aliphatic rings. The quantitative estimate of drug-likeness (QED) is 0.672. The van der Waals surface area contributed by atoms with Crippen LogP contribution in [0.1, 0.15) is 0 Å². The first-order valence-electron chi connectivity index (χ1n) is 7.44. The van der Waals surface area contributed by atoms with Crippen LogP contribution in [0.3, 0.4) is 0 Å². The van der Waals surface area contributed by atoms with E-state index in [1.165, 1.54) is 13.2 Å². The number of halogens is 2. The third kappa shape index (κ3) is 3.55. The zero-order chi connectivity index (χ0) is 17.8. The summed E-state index contributed by atoms with van der Waals surface area (Å²) in [6, 6.07) is 14.0. The Balaban J connectivity index is 1.99. The molecule has 0 fully saturated rings. The monoisotopic (exact) mass is 346 g/mol. The standard InChI is InChI=1S/C18H16F2N2O3/c1-23-14-6-4-13(5-7-14)22-15(9-10-21-22)12-3-8-16(25-18(19)20)17(11-12)24-2/h3-11,18H,1-2H3. The molecule has 1 aromatic heterocycles. The highest BCUT2D eigenvalue weighted by Crippen LogP contribution is 2.34. The second kappa shape index (κ2) is 7.21. The van der Waals surface area contributed by atoms with E-state index in [-0.39, 0.29) is 11.5 Å². The van der Waals surface area contributed by atoms with E-state index in [2.05, 4.69) is 9.84 Å². The smallest absolute Gasteiger partial charge is 0.387 e. The largest absolute Gasteiger partial charge is 0.497 e. The Morgan fingerprint density at radius 3 is 2.32 bits per heavy atom. The minimum Gasteiger partial charge on any atom is -0.497 e. The third-order valence-electron chi connectivity index (χ3n) is 3.64. The molecule has 3 aromatic rings. The lowest BCUT2D eigenvalue weighted by Gasteiger charge is -2.13. The molecular weight excluding hydrogens is 330 g/mol. The molecule has 0 aliphatic heterocycles. The fourth-order valence-corrected chi connectivity index (χ4v) is 2.47. The van der Waals surface area contributed by atoms with Crippen molar-refractivity contribution in [2.45, 2.75) is 6.61 Å². The Labute approximate surface area is 143 Å². The lowest BCUT2D eigenvalue weighted by atomic mass is 10.1. The molecule has 0 radical (unpaired) electrons. The Kier molecular flexibility index (Phi) is 4.83. The van der Waals surface area contributed by atoms with Crippen LogP contribution >= 0.6 is 0 Å². The van der Waals surface area contributed by atoms with E-state index in [9.17, 15) is 8.78 Å². The molecule has 3 rings (SSSR count). The fraction of sp³-hybridized carbons (Fsp3) is 0.167. The van der Waals surface area contributed by atoms with Gasteiger partial charge in [0.25, 0.3) is 0 Å². The predicted octanol–water partition coefficient (Wildman–Crippen LogP) is 4.16. The first-order valence-corrected chi connectivity index (χ1v) is 7.44. The number of alkyl halides is 2. The molecule has 0 bridgehead atoms. The molecule has 0 saturated heterocycles. The number of nitrogens with zero attached hydrogens (tertiary/aromatic N) is 2. The number of hydrogen-bond acceptors (Lipinski definition) is 4. The van der Waals surface area contributed by atoms with E-state index in [4.69, 9.17) is 9.47 Å². The van der Waals surface area contributed by atoms with Gasteiger partial charge in [0.1, 0.15) is 5.75 Å². The second-order valence-electron chi connectivity index (χ2n) is 5.07. The highest BCUT2D eigenvalue weighted by molar-refractivity contribution is 5.66. The molecule has 0 saturated carbocycles. The Morgan fingerprint density at radius 1 is 0.920 bits per heavy atom. The van der Waals surface area contributed by atoms with Gasteiger partial charge in [-0.25, -0.2) is 4.68 Å². The predicted molar refractivity (Wildman–Crippen MR) is 88.7 cm³/mol. The third-order valence-corrected chi connectivity index (χ3v) is 3.64. The molecule has 25 heavy (non-hydrogen) atoms. The Hall–Kier alpha value is -3.09. The van der Waals surface area contributed by atoms with Gasteiger partial charge in [-0.2, -0.15) is 13.9 Å². The van der Waals surface area contributed by atoms with Gasteiger partial charge in [0.15, 0.2) is 11.5 Å². The molecular formula is C18H16F2N2O3. The number of hydrogen-bond donors (Lipinski definition) is 0. The summed E-state index contributed by atoms with van der Waals surface area (Å²) >= 11 is 0. The van der Waals surface area contributed by atoms with Crippen LogP contribution in [0.4, 0.5) is 8.78 Å². The van der Waals surface area contributed by atoms with Gasteiger partial charge < -0.3 is 14.2 Å². The molecule has 0 atom stereocenters. The Morgan fingerprint density at radius 2 is 1.68 bits per heavy atom. The van der Waals surface area contributed by atoms with Crippen LogP contribution in [-0.4, -0.2) is 30.6 Å². The Bertz CT molecular complexity index is 848. The van der Waals surface area contributed by atoms with Crippen LogP contribution in [0, 0.1) is 0 Å². The molecule has 0 amide bonds. The van der Waals surface area contributed by atoms with Crippen molar-refractivity contribution in [2.75, 3.05) is 14.2 Å². The van der Waals surface area contributed by atoms with Crippen molar-refractivity contribution in [1.82, 2.24) is 9.78 Å². The maximum atomic E-state index is 12.5. The maximum Gasteiger partial charge on any atom is 0.387 e. The first-order chi connectivity index (χ1) is 12.1. The highest BCUT2D eigenvalue weighted by Gasteiger charge is 2.14. The summed E-state index contributed by atoms with van der Waals surface area (Å²) in [5, 5.41) is 4.33. The zero-order valence-corrected chi connectivity index (χ0v) is 13.6. The molecule has 1 heterocycles. The van der Waals surface area contributed by atoms with Crippen molar-refractivity contribution >= 4 is 0 Å². The topological polar surface area (TPSA) is 45.5 Å². The van der Waals surface area contributed by atoms with Crippen molar-refractivity contribution in [3.8, 4) is 34.2 Å². The van der Waals surface area contributed by atoms with Gasteiger partial charge in [0.05, 0.1) is 31.8 Å². The highest BCUT2D eigenvalue weighted by atomic mass is 19.3. The van der Waals surface area contributed by atoms with Crippen LogP contribution in [0.15, 0.2) is 54.7 Å². The van der Waals surface area contributed by atoms with Crippen molar-refractivity contribution in [3.05, 3.63) is 54.7 Å². The number of ether oxygens (including phenoxy) is 3.